The Kier molecular flexibility index (Phi) is 1.45. The number of ether oxygens (including phenoxy) is 3. The minimum absolute atomic E-state index is 0.588. The maximum absolute atomic E-state index is 11.2. The van der Waals surface area contributed by atoms with Crippen molar-refractivity contribution in [2.24, 2.45) is 0 Å². The summed E-state index contributed by atoms with van der Waals surface area (Å²) in [5.74, 6) is -4.55. The summed E-state index contributed by atoms with van der Waals surface area (Å²) in [6.07, 6.45) is 0. The summed E-state index contributed by atoms with van der Waals surface area (Å²) in [5, 5.41) is 8.30. The lowest BCUT2D eigenvalue weighted by atomic mass is 10.2. The third-order valence-corrected chi connectivity index (χ3v) is 2.06. The number of hydrogen-bond acceptors (Lipinski definition) is 4. The van der Waals surface area contributed by atoms with E-state index in [1.54, 1.807) is 0 Å². The second kappa shape index (κ2) is 4.94. The van der Waals surface area contributed by atoms with Crippen LogP contribution in [0.1, 0.15) is 22.7 Å². The van der Waals surface area contributed by atoms with Crippen LogP contribution in [0.5, 0.6) is 17.2 Å². The van der Waals surface area contributed by atoms with E-state index in [0.717, 1.165) is 0 Å². The first-order valence-electron chi connectivity index (χ1n) is 8.17. The molecule has 0 atom stereocenters. The Bertz CT molecular complexity index is 665. The van der Waals surface area contributed by atoms with E-state index in [9.17, 15) is 4.79 Å². The SMILES string of the molecule is [2H]C([2H])([2H])Oc1cc(C(=O)O)c(Cl)c(OC([2H])([2H])[2H])c1OC([2H])([2H])[2H]. The molecule has 0 heterocycles. The highest BCUT2D eigenvalue weighted by Crippen LogP contribution is 2.44. The minimum atomic E-state index is -3.18. The molecule has 0 saturated carbocycles. The Labute approximate surface area is 110 Å². The molecule has 1 rings (SSSR count). The molecular weight excluding hydrogens is 236 g/mol. The van der Waals surface area contributed by atoms with Crippen molar-refractivity contribution in [2.45, 2.75) is 0 Å². The third-order valence-electron chi connectivity index (χ3n) is 1.69. The van der Waals surface area contributed by atoms with Gasteiger partial charge in [-0.15, -0.1) is 0 Å². The van der Waals surface area contributed by atoms with Crippen LogP contribution in [0, 0.1) is 0 Å². The second-order valence-corrected chi connectivity index (χ2v) is 2.88. The van der Waals surface area contributed by atoms with Gasteiger partial charge in [0.25, 0.3) is 0 Å². The van der Waals surface area contributed by atoms with Crippen LogP contribution in [0.4, 0.5) is 0 Å². The molecule has 16 heavy (non-hydrogen) atoms. The molecule has 1 aromatic rings. The van der Waals surface area contributed by atoms with E-state index in [4.69, 9.17) is 29.0 Å². The van der Waals surface area contributed by atoms with E-state index in [-0.39, 0.29) is 0 Å². The van der Waals surface area contributed by atoms with Crippen molar-refractivity contribution < 1.29 is 36.4 Å². The fraction of sp³-hybridized carbons (Fsp3) is 0.300. The quantitative estimate of drug-likeness (QED) is 0.892. The fourth-order valence-corrected chi connectivity index (χ4v) is 1.27. The zero-order valence-electron chi connectivity index (χ0n) is 16.5. The van der Waals surface area contributed by atoms with Gasteiger partial charge in [-0.1, -0.05) is 11.6 Å². The number of aromatic carboxylic acids is 1. The molecule has 0 unspecified atom stereocenters. The van der Waals surface area contributed by atoms with E-state index in [1.807, 2.05) is 0 Å². The van der Waals surface area contributed by atoms with Crippen molar-refractivity contribution in [2.75, 3.05) is 21.1 Å². The highest BCUT2D eigenvalue weighted by atomic mass is 35.5. The monoisotopic (exact) mass is 255 g/mol. The lowest BCUT2D eigenvalue weighted by Crippen LogP contribution is -2.03. The zero-order chi connectivity index (χ0) is 19.8. The van der Waals surface area contributed by atoms with Crippen LogP contribution in [0.3, 0.4) is 0 Å². The van der Waals surface area contributed by atoms with Crippen LogP contribution in [0.15, 0.2) is 6.07 Å². The van der Waals surface area contributed by atoms with Gasteiger partial charge in [0.05, 0.1) is 39.0 Å². The summed E-state index contributed by atoms with van der Waals surface area (Å²) in [6, 6.07) is 0.588. The number of carbonyl (C=O) groups is 1. The molecule has 1 aromatic carbocycles. The molecule has 5 nitrogen and oxygen atoms in total. The van der Waals surface area contributed by atoms with Crippen LogP contribution in [-0.2, 0) is 0 Å². The van der Waals surface area contributed by atoms with Gasteiger partial charge in [0.1, 0.15) is 5.02 Å². The van der Waals surface area contributed by atoms with Gasteiger partial charge in [-0.3, -0.25) is 0 Å². The van der Waals surface area contributed by atoms with Crippen LogP contribution in [0.2, 0.25) is 5.02 Å². The van der Waals surface area contributed by atoms with Crippen molar-refractivity contribution >= 4 is 17.6 Å². The Morgan fingerprint density at radius 2 is 1.94 bits per heavy atom. The lowest BCUT2D eigenvalue weighted by molar-refractivity contribution is 0.0696. The summed E-state index contributed by atoms with van der Waals surface area (Å²) >= 11 is 5.77. The summed E-state index contributed by atoms with van der Waals surface area (Å²) < 4.78 is 77.3. The van der Waals surface area contributed by atoms with Crippen molar-refractivity contribution in [3.8, 4) is 17.2 Å². The first-order valence-corrected chi connectivity index (χ1v) is 4.05. The smallest absolute Gasteiger partial charge is 0.337 e. The first-order chi connectivity index (χ1) is 11.0. The van der Waals surface area contributed by atoms with Crippen LogP contribution < -0.4 is 14.2 Å². The largest absolute Gasteiger partial charge is 0.493 e. The summed E-state index contributed by atoms with van der Waals surface area (Å²) in [7, 11) is -9.48. The minimum Gasteiger partial charge on any atom is -0.493 e. The Morgan fingerprint density at radius 3 is 2.50 bits per heavy atom. The molecule has 0 aliphatic carbocycles. The van der Waals surface area contributed by atoms with Gasteiger partial charge in [0.2, 0.25) is 5.75 Å². The van der Waals surface area contributed by atoms with E-state index < -0.39 is 54.9 Å². The topological polar surface area (TPSA) is 65.0 Å². The van der Waals surface area contributed by atoms with Crippen molar-refractivity contribution in [3.05, 3.63) is 16.7 Å². The number of carboxylic acids is 1. The lowest BCUT2D eigenvalue weighted by Gasteiger charge is -2.14. The van der Waals surface area contributed by atoms with E-state index in [1.165, 1.54) is 0 Å². The van der Waals surface area contributed by atoms with Gasteiger partial charge in [-0.25, -0.2) is 4.79 Å². The Morgan fingerprint density at radius 1 is 1.31 bits per heavy atom. The van der Waals surface area contributed by atoms with Crippen LogP contribution in [0.25, 0.3) is 0 Å². The van der Waals surface area contributed by atoms with Crippen molar-refractivity contribution in [1.82, 2.24) is 0 Å². The highest BCUT2D eigenvalue weighted by Gasteiger charge is 2.22. The maximum Gasteiger partial charge on any atom is 0.337 e. The molecule has 0 aliphatic heterocycles. The molecule has 0 bridgehead atoms. The third kappa shape index (κ3) is 1.99. The molecule has 0 fully saturated rings. The average Bonchev–Trinajstić information content (AvgIpc) is 2.32. The predicted molar refractivity (Wildman–Crippen MR) is 58.1 cm³/mol. The second-order valence-electron chi connectivity index (χ2n) is 2.51. The van der Waals surface area contributed by atoms with E-state index in [2.05, 4.69) is 14.2 Å². The van der Waals surface area contributed by atoms with Crippen molar-refractivity contribution in [1.29, 1.82) is 0 Å². The Hall–Kier alpha value is -1.62. The van der Waals surface area contributed by atoms with Crippen molar-refractivity contribution in [3.63, 3.8) is 0 Å². The predicted octanol–water partition coefficient (Wildman–Crippen LogP) is 2.06. The van der Waals surface area contributed by atoms with Gasteiger partial charge in [-0.05, 0) is 0 Å². The number of rotatable bonds is 4. The molecule has 0 amide bonds. The normalized spacial score (nSPS) is 20.4. The molecule has 1 N–H and O–H groups in total. The molecule has 0 saturated heterocycles. The fourth-order valence-electron chi connectivity index (χ4n) is 1.01. The molecule has 0 aliphatic rings. The average molecular weight is 256 g/mol. The summed E-state index contributed by atoms with van der Waals surface area (Å²) in [6.45, 7) is 0. The summed E-state index contributed by atoms with van der Waals surface area (Å²) in [5.41, 5.74) is -0.780. The Balaban J connectivity index is 3.74. The molecule has 88 valence electrons. The number of halogens is 1. The van der Waals surface area contributed by atoms with Crippen LogP contribution in [-0.4, -0.2) is 32.2 Å². The van der Waals surface area contributed by atoms with Gasteiger partial charge in [-0.2, -0.15) is 0 Å². The summed E-state index contributed by atoms with van der Waals surface area (Å²) in [4.78, 5) is 11.2. The number of hydrogen-bond donors (Lipinski definition) is 1. The van der Waals surface area contributed by atoms with Gasteiger partial charge >= 0.3 is 5.97 Å². The highest BCUT2D eigenvalue weighted by molar-refractivity contribution is 6.35. The molecule has 0 radical (unpaired) electrons. The van der Waals surface area contributed by atoms with E-state index >= 15 is 0 Å². The van der Waals surface area contributed by atoms with Gasteiger partial charge in [0.15, 0.2) is 11.5 Å². The molecule has 0 aromatic heterocycles. The molecular formula is C10H11ClO5. The number of methoxy groups -OCH3 is 3. The van der Waals surface area contributed by atoms with Gasteiger partial charge < -0.3 is 19.3 Å². The zero-order valence-corrected chi connectivity index (χ0v) is 8.29. The van der Waals surface area contributed by atoms with Crippen LogP contribution >= 0.6 is 11.6 Å². The first kappa shape index (κ1) is 4.71. The molecule has 6 heteroatoms. The van der Waals surface area contributed by atoms with E-state index in [0.29, 0.717) is 6.07 Å². The maximum atomic E-state index is 11.2. The standard InChI is InChI=1S/C10H11ClO5/c1-14-6-4-5(10(12)13)7(11)9(16-3)8(6)15-2/h4H,1-3H3,(H,12,13)/i1D3,2D3,3D3. The number of carboxylic acid groups (broad SMARTS) is 1. The van der Waals surface area contributed by atoms with Gasteiger partial charge in [0, 0.05) is 6.07 Å². The number of benzene rings is 1. The molecule has 0 spiro atoms.